The first kappa shape index (κ1) is 15.1. The molecule has 2 aliphatic carbocycles. The topological polar surface area (TPSA) is 38.0 Å². The predicted octanol–water partition coefficient (Wildman–Crippen LogP) is 3.62. The van der Waals surface area contributed by atoms with E-state index in [-0.39, 0.29) is 5.54 Å². The molecule has 2 unspecified atom stereocenters. The van der Waals surface area contributed by atoms with Crippen LogP contribution in [-0.2, 0) is 0 Å². The van der Waals surface area contributed by atoms with Gasteiger partial charge >= 0.3 is 0 Å². The van der Waals surface area contributed by atoms with E-state index >= 15 is 0 Å². The van der Waals surface area contributed by atoms with Crippen LogP contribution in [0, 0.1) is 11.8 Å². The van der Waals surface area contributed by atoms with Gasteiger partial charge in [-0.05, 0) is 56.9 Å². The molecular formula is C17H32N2. The van der Waals surface area contributed by atoms with E-state index in [0.29, 0.717) is 0 Å². The Morgan fingerprint density at radius 1 is 1.37 bits per heavy atom. The Bertz CT molecular complexity index is 308. The van der Waals surface area contributed by atoms with Crippen molar-refractivity contribution < 1.29 is 0 Å². The summed E-state index contributed by atoms with van der Waals surface area (Å²) in [5.41, 5.74) is 8.06. The Kier molecular flexibility index (Phi) is 5.47. The fraction of sp³-hybridized carbons (Fsp3) is 0.882. The van der Waals surface area contributed by atoms with Gasteiger partial charge in [0.15, 0.2) is 0 Å². The molecule has 2 nitrogen and oxygen atoms in total. The molecule has 0 saturated heterocycles. The molecule has 0 amide bonds. The van der Waals surface area contributed by atoms with Crippen LogP contribution in [0.5, 0.6) is 0 Å². The normalized spacial score (nSPS) is 31.8. The first-order valence-electron chi connectivity index (χ1n) is 8.31. The second-order valence-electron chi connectivity index (χ2n) is 6.89. The van der Waals surface area contributed by atoms with Crippen molar-refractivity contribution in [1.29, 1.82) is 0 Å². The summed E-state index contributed by atoms with van der Waals surface area (Å²) in [6.45, 7) is 6.64. The number of nitrogens with two attached hydrogens (primary N) is 1. The Hall–Kier alpha value is -0.340. The van der Waals surface area contributed by atoms with E-state index in [1.165, 1.54) is 51.4 Å². The van der Waals surface area contributed by atoms with E-state index in [2.05, 4.69) is 25.2 Å². The molecule has 1 fully saturated rings. The number of nitrogens with one attached hydrogen (secondary N) is 1. The Morgan fingerprint density at radius 3 is 2.84 bits per heavy atom. The minimum atomic E-state index is 0.214. The Balaban J connectivity index is 1.91. The zero-order valence-electron chi connectivity index (χ0n) is 12.9. The van der Waals surface area contributed by atoms with Gasteiger partial charge in [-0.3, -0.25) is 0 Å². The van der Waals surface area contributed by atoms with Crippen molar-refractivity contribution in [2.45, 2.75) is 70.8 Å². The van der Waals surface area contributed by atoms with Gasteiger partial charge in [0.05, 0.1) is 0 Å². The molecule has 0 radical (unpaired) electrons. The quantitative estimate of drug-likeness (QED) is 0.719. The highest BCUT2D eigenvalue weighted by Gasteiger charge is 2.40. The van der Waals surface area contributed by atoms with Crippen LogP contribution in [0.2, 0.25) is 0 Å². The minimum Gasteiger partial charge on any atom is -0.329 e. The maximum absolute atomic E-state index is 6.18. The van der Waals surface area contributed by atoms with Crippen LogP contribution < -0.4 is 11.1 Å². The highest BCUT2D eigenvalue weighted by atomic mass is 15.0. The van der Waals surface area contributed by atoms with Crippen LogP contribution in [-0.4, -0.2) is 18.6 Å². The first-order valence-corrected chi connectivity index (χ1v) is 8.31. The van der Waals surface area contributed by atoms with Gasteiger partial charge in [0.1, 0.15) is 0 Å². The fourth-order valence-electron chi connectivity index (χ4n) is 4.22. The van der Waals surface area contributed by atoms with E-state index in [0.717, 1.165) is 24.9 Å². The summed E-state index contributed by atoms with van der Waals surface area (Å²) in [7, 11) is 0. The van der Waals surface area contributed by atoms with Gasteiger partial charge in [0.25, 0.3) is 0 Å². The van der Waals surface area contributed by atoms with Crippen LogP contribution in [0.1, 0.15) is 65.2 Å². The molecule has 2 aliphatic rings. The van der Waals surface area contributed by atoms with Gasteiger partial charge in [-0.2, -0.15) is 0 Å². The maximum Gasteiger partial charge on any atom is 0.0334 e. The molecule has 3 N–H and O–H groups in total. The van der Waals surface area contributed by atoms with Crippen LogP contribution in [0.4, 0.5) is 0 Å². The number of hydrogen-bond donors (Lipinski definition) is 2. The lowest BCUT2D eigenvalue weighted by molar-refractivity contribution is 0.109. The summed E-state index contributed by atoms with van der Waals surface area (Å²) in [6.07, 6.45) is 13.0. The molecule has 0 aromatic heterocycles. The number of rotatable bonds is 6. The molecule has 0 aliphatic heterocycles. The van der Waals surface area contributed by atoms with E-state index in [1.807, 2.05) is 0 Å². The largest absolute Gasteiger partial charge is 0.329 e. The molecule has 0 aromatic rings. The van der Waals surface area contributed by atoms with E-state index < -0.39 is 0 Å². The molecule has 1 saturated carbocycles. The third kappa shape index (κ3) is 3.61. The Morgan fingerprint density at radius 2 is 2.21 bits per heavy atom. The van der Waals surface area contributed by atoms with E-state index in [1.54, 1.807) is 5.57 Å². The Labute approximate surface area is 119 Å². The van der Waals surface area contributed by atoms with Crippen molar-refractivity contribution in [2.24, 2.45) is 17.6 Å². The third-order valence-corrected chi connectivity index (χ3v) is 5.32. The smallest absolute Gasteiger partial charge is 0.0334 e. The van der Waals surface area contributed by atoms with Gasteiger partial charge in [0.2, 0.25) is 0 Å². The van der Waals surface area contributed by atoms with Crippen molar-refractivity contribution in [2.75, 3.05) is 13.1 Å². The van der Waals surface area contributed by atoms with Crippen molar-refractivity contribution >= 4 is 0 Å². The standard InChI is InChI=1S/C17H32N2/c1-14(2)16-9-5-6-11-17(16,13-18)19-12-10-15-7-3-4-8-15/h7,14,16,19H,3-6,8-13,18H2,1-2H3. The summed E-state index contributed by atoms with van der Waals surface area (Å²) in [4.78, 5) is 0. The molecule has 0 aromatic carbocycles. The van der Waals surface area contributed by atoms with Crippen LogP contribution >= 0.6 is 0 Å². The molecule has 2 heteroatoms. The second-order valence-corrected chi connectivity index (χ2v) is 6.89. The molecule has 110 valence electrons. The second kappa shape index (κ2) is 6.90. The fourth-order valence-corrected chi connectivity index (χ4v) is 4.22. The average Bonchev–Trinajstić information content (AvgIpc) is 2.92. The summed E-state index contributed by atoms with van der Waals surface area (Å²) >= 11 is 0. The van der Waals surface area contributed by atoms with Crippen LogP contribution in [0.3, 0.4) is 0 Å². The molecule has 2 atom stereocenters. The number of hydrogen-bond acceptors (Lipinski definition) is 2. The van der Waals surface area contributed by atoms with Gasteiger partial charge in [-0.15, -0.1) is 0 Å². The van der Waals surface area contributed by atoms with Gasteiger partial charge in [0, 0.05) is 12.1 Å². The molecule has 19 heavy (non-hydrogen) atoms. The molecular weight excluding hydrogens is 232 g/mol. The van der Waals surface area contributed by atoms with Crippen LogP contribution in [0.15, 0.2) is 11.6 Å². The lowest BCUT2D eigenvalue weighted by Crippen LogP contribution is -2.59. The van der Waals surface area contributed by atoms with Gasteiger partial charge in [-0.1, -0.05) is 38.3 Å². The summed E-state index contributed by atoms with van der Waals surface area (Å²) < 4.78 is 0. The molecule has 2 rings (SSSR count). The average molecular weight is 264 g/mol. The summed E-state index contributed by atoms with van der Waals surface area (Å²) in [6, 6.07) is 0. The van der Waals surface area contributed by atoms with Crippen LogP contribution in [0.25, 0.3) is 0 Å². The molecule has 0 heterocycles. The molecule has 0 bridgehead atoms. The monoisotopic (exact) mass is 264 g/mol. The maximum atomic E-state index is 6.18. The summed E-state index contributed by atoms with van der Waals surface area (Å²) in [5.74, 6) is 1.49. The van der Waals surface area contributed by atoms with Gasteiger partial charge in [-0.25, -0.2) is 0 Å². The zero-order chi connectivity index (χ0) is 13.7. The molecule has 0 spiro atoms. The summed E-state index contributed by atoms with van der Waals surface area (Å²) in [5, 5.41) is 3.88. The third-order valence-electron chi connectivity index (χ3n) is 5.32. The van der Waals surface area contributed by atoms with Crippen molar-refractivity contribution in [3.8, 4) is 0 Å². The van der Waals surface area contributed by atoms with Crippen molar-refractivity contribution in [3.05, 3.63) is 11.6 Å². The van der Waals surface area contributed by atoms with Crippen molar-refractivity contribution in [1.82, 2.24) is 5.32 Å². The lowest BCUT2D eigenvalue weighted by Gasteiger charge is -2.46. The highest BCUT2D eigenvalue weighted by Crippen LogP contribution is 2.38. The SMILES string of the molecule is CC(C)C1CCCCC1(CN)NCCC1=CCCC1. The first-order chi connectivity index (χ1) is 9.18. The lowest BCUT2D eigenvalue weighted by atomic mass is 9.68. The van der Waals surface area contributed by atoms with Crippen molar-refractivity contribution in [3.63, 3.8) is 0 Å². The van der Waals surface area contributed by atoms with Gasteiger partial charge < -0.3 is 11.1 Å². The minimum absolute atomic E-state index is 0.214. The van der Waals surface area contributed by atoms with E-state index in [9.17, 15) is 0 Å². The van der Waals surface area contributed by atoms with E-state index in [4.69, 9.17) is 5.73 Å². The predicted molar refractivity (Wildman–Crippen MR) is 83.1 cm³/mol. The zero-order valence-corrected chi connectivity index (χ0v) is 12.9. The number of allylic oxidation sites excluding steroid dienone is 1. The highest BCUT2D eigenvalue weighted by molar-refractivity contribution is 5.08.